The van der Waals surface area contributed by atoms with Crippen LogP contribution in [0.25, 0.3) is 0 Å². The highest BCUT2D eigenvalue weighted by molar-refractivity contribution is 6.07. The number of benzene rings is 2. The standard InChI is InChI=1S/C23H26FN3O2/c1-3-23(18-8-4-16(2)5-9-18)21(28)27(22(29)25-23)15-26(20-12-13-20)14-17-6-10-19(24)11-7-17/h4-11,20H,3,12-15H2,1-2H3,(H,25,29)/t23-/m0/s1. The van der Waals surface area contributed by atoms with Gasteiger partial charge in [-0.1, -0.05) is 48.9 Å². The Kier molecular flexibility index (Phi) is 5.13. The minimum Gasteiger partial charge on any atom is -0.319 e. The zero-order valence-corrected chi connectivity index (χ0v) is 16.8. The van der Waals surface area contributed by atoms with E-state index in [2.05, 4.69) is 10.2 Å². The molecular formula is C23H26FN3O2. The lowest BCUT2D eigenvalue weighted by Crippen LogP contribution is -2.45. The third-order valence-electron chi connectivity index (χ3n) is 5.94. The van der Waals surface area contributed by atoms with Crippen molar-refractivity contribution >= 4 is 11.9 Å². The Labute approximate surface area is 170 Å². The number of hydrogen-bond donors (Lipinski definition) is 1. The van der Waals surface area contributed by atoms with Crippen molar-refractivity contribution in [2.75, 3.05) is 6.67 Å². The van der Waals surface area contributed by atoms with Gasteiger partial charge in [0.2, 0.25) is 0 Å². The molecule has 2 aliphatic rings. The average molecular weight is 395 g/mol. The molecule has 0 unspecified atom stereocenters. The van der Waals surface area contributed by atoms with Gasteiger partial charge in [0.05, 0.1) is 6.67 Å². The Morgan fingerprint density at radius 1 is 1.10 bits per heavy atom. The second-order valence-electron chi connectivity index (χ2n) is 8.03. The summed E-state index contributed by atoms with van der Waals surface area (Å²) < 4.78 is 13.2. The number of amides is 3. The van der Waals surface area contributed by atoms with E-state index in [4.69, 9.17) is 0 Å². The van der Waals surface area contributed by atoms with Gasteiger partial charge in [-0.25, -0.2) is 14.1 Å². The van der Waals surface area contributed by atoms with E-state index in [9.17, 15) is 14.0 Å². The van der Waals surface area contributed by atoms with Crippen molar-refractivity contribution in [3.8, 4) is 0 Å². The SMILES string of the molecule is CC[C@@]1(c2ccc(C)cc2)NC(=O)N(CN(Cc2ccc(F)cc2)C2CC2)C1=O. The second kappa shape index (κ2) is 7.59. The molecule has 1 heterocycles. The van der Waals surface area contributed by atoms with Crippen molar-refractivity contribution in [1.29, 1.82) is 0 Å². The fourth-order valence-corrected chi connectivity index (χ4v) is 3.97. The molecule has 0 aromatic heterocycles. The summed E-state index contributed by atoms with van der Waals surface area (Å²) >= 11 is 0. The van der Waals surface area contributed by atoms with Gasteiger partial charge < -0.3 is 5.32 Å². The lowest BCUT2D eigenvalue weighted by Gasteiger charge is -2.28. The Morgan fingerprint density at radius 2 is 1.76 bits per heavy atom. The summed E-state index contributed by atoms with van der Waals surface area (Å²) in [5.74, 6) is -0.481. The van der Waals surface area contributed by atoms with Crippen LogP contribution in [0.1, 0.15) is 42.9 Å². The number of nitrogens with one attached hydrogen (secondary N) is 1. The molecule has 1 saturated carbocycles. The molecule has 1 aliphatic carbocycles. The predicted octanol–water partition coefficient (Wildman–Crippen LogP) is 3.91. The van der Waals surface area contributed by atoms with Crippen molar-refractivity contribution in [2.24, 2.45) is 0 Å². The first-order chi connectivity index (χ1) is 13.9. The van der Waals surface area contributed by atoms with Crippen LogP contribution in [0.3, 0.4) is 0 Å². The maximum atomic E-state index is 13.4. The summed E-state index contributed by atoms with van der Waals surface area (Å²) in [6.45, 7) is 4.72. The van der Waals surface area contributed by atoms with Crippen LogP contribution >= 0.6 is 0 Å². The smallest absolute Gasteiger partial charge is 0.319 e. The number of aryl methyl sites for hydroxylation is 1. The molecule has 152 valence electrons. The highest BCUT2D eigenvalue weighted by atomic mass is 19.1. The third-order valence-corrected chi connectivity index (χ3v) is 5.94. The van der Waals surface area contributed by atoms with E-state index < -0.39 is 5.54 Å². The van der Waals surface area contributed by atoms with Gasteiger partial charge in [0.1, 0.15) is 11.4 Å². The van der Waals surface area contributed by atoms with E-state index in [0.717, 1.165) is 29.5 Å². The summed E-state index contributed by atoms with van der Waals surface area (Å²) in [6, 6.07) is 14.1. The Hall–Kier alpha value is -2.73. The molecule has 1 N–H and O–H groups in total. The number of carbonyl (C=O) groups is 2. The number of carbonyl (C=O) groups excluding carboxylic acids is 2. The maximum absolute atomic E-state index is 13.4. The van der Waals surface area contributed by atoms with Crippen molar-refractivity contribution in [2.45, 2.75) is 51.2 Å². The van der Waals surface area contributed by atoms with Gasteiger partial charge in [-0.05, 0) is 49.4 Å². The maximum Gasteiger partial charge on any atom is 0.326 e. The van der Waals surface area contributed by atoms with Gasteiger partial charge in [-0.15, -0.1) is 0 Å². The number of imide groups is 1. The van der Waals surface area contributed by atoms with E-state index in [0.29, 0.717) is 19.0 Å². The molecule has 29 heavy (non-hydrogen) atoms. The van der Waals surface area contributed by atoms with Crippen LogP contribution in [0.4, 0.5) is 9.18 Å². The van der Waals surface area contributed by atoms with Crippen molar-refractivity contribution < 1.29 is 14.0 Å². The van der Waals surface area contributed by atoms with Crippen LogP contribution in [0.2, 0.25) is 0 Å². The van der Waals surface area contributed by atoms with E-state index in [1.807, 2.05) is 38.1 Å². The molecule has 5 nitrogen and oxygen atoms in total. The molecule has 2 aromatic rings. The average Bonchev–Trinajstić information content (AvgIpc) is 3.53. The van der Waals surface area contributed by atoms with Gasteiger partial charge in [0.15, 0.2) is 0 Å². The van der Waals surface area contributed by atoms with Crippen molar-refractivity contribution in [3.63, 3.8) is 0 Å². The molecule has 0 radical (unpaired) electrons. The minimum atomic E-state index is -1.02. The quantitative estimate of drug-likeness (QED) is 0.723. The molecule has 6 heteroatoms. The van der Waals surface area contributed by atoms with Crippen molar-refractivity contribution in [1.82, 2.24) is 15.1 Å². The van der Waals surface area contributed by atoms with Crippen LogP contribution < -0.4 is 5.32 Å². The molecule has 2 aromatic carbocycles. The van der Waals surface area contributed by atoms with E-state index >= 15 is 0 Å². The summed E-state index contributed by atoms with van der Waals surface area (Å²) in [7, 11) is 0. The van der Waals surface area contributed by atoms with Crippen LogP contribution in [0.5, 0.6) is 0 Å². The molecule has 1 atom stereocenters. The first-order valence-corrected chi connectivity index (χ1v) is 10.1. The zero-order chi connectivity index (χ0) is 20.6. The lowest BCUT2D eigenvalue weighted by molar-refractivity contribution is -0.133. The monoisotopic (exact) mass is 395 g/mol. The molecule has 0 bridgehead atoms. The van der Waals surface area contributed by atoms with Crippen LogP contribution in [-0.2, 0) is 16.9 Å². The van der Waals surface area contributed by atoms with Crippen LogP contribution in [-0.4, -0.2) is 34.4 Å². The Morgan fingerprint density at radius 3 is 2.34 bits per heavy atom. The Bertz CT molecular complexity index is 909. The summed E-state index contributed by atoms with van der Waals surface area (Å²) in [5.41, 5.74) is 1.86. The zero-order valence-electron chi connectivity index (χ0n) is 16.8. The summed E-state index contributed by atoms with van der Waals surface area (Å²) in [6.07, 6.45) is 2.57. The van der Waals surface area contributed by atoms with Gasteiger partial charge in [-0.3, -0.25) is 9.69 Å². The minimum absolute atomic E-state index is 0.210. The van der Waals surface area contributed by atoms with Gasteiger partial charge in [0.25, 0.3) is 5.91 Å². The largest absolute Gasteiger partial charge is 0.326 e. The van der Waals surface area contributed by atoms with E-state index in [1.54, 1.807) is 12.1 Å². The number of halogens is 1. The molecule has 0 spiro atoms. The van der Waals surface area contributed by atoms with Crippen molar-refractivity contribution in [3.05, 3.63) is 71.0 Å². The number of urea groups is 1. The fraction of sp³-hybridized carbons (Fsp3) is 0.391. The normalized spacial score (nSPS) is 21.7. The molecule has 1 aliphatic heterocycles. The van der Waals surface area contributed by atoms with E-state index in [1.165, 1.54) is 17.0 Å². The summed E-state index contributed by atoms with van der Waals surface area (Å²) in [5, 5.41) is 2.95. The van der Waals surface area contributed by atoms with E-state index in [-0.39, 0.29) is 24.4 Å². The molecular weight excluding hydrogens is 369 g/mol. The first-order valence-electron chi connectivity index (χ1n) is 10.1. The molecule has 3 amide bonds. The fourth-order valence-electron chi connectivity index (χ4n) is 3.97. The first kappa shape index (κ1) is 19.6. The number of hydrogen-bond acceptors (Lipinski definition) is 3. The predicted molar refractivity (Wildman–Crippen MR) is 108 cm³/mol. The second-order valence-corrected chi connectivity index (χ2v) is 8.03. The van der Waals surface area contributed by atoms with Crippen LogP contribution in [0, 0.1) is 12.7 Å². The highest BCUT2D eigenvalue weighted by Crippen LogP contribution is 2.34. The third kappa shape index (κ3) is 3.77. The van der Waals surface area contributed by atoms with Gasteiger partial charge >= 0.3 is 6.03 Å². The molecule has 1 saturated heterocycles. The number of nitrogens with zero attached hydrogens (tertiary/aromatic N) is 2. The highest BCUT2D eigenvalue weighted by Gasteiger charge is 2.52. The molecule has 2 fully saturated rings. The van der Waals surface area contributed by atoms with Gasteiger partial charge in [-0.2, -0.15) is 0 Å². The lowest BCUT2D eigenvalue weighted by atomic mass is 9.87. The summed E-state index contributed by atoms with van der Waals surface area (Å²) in [4.78, 5) is 29.6. The topological polar surface area (TPSA) is 52.7 Å². The Balaban J connectivity index is 1.55. The molecule has 4 rings (SSSR count). The van der Waals surface area contributed by atoms with Crippen LogP contribution in [0.15, 0.2) is 48.5 Å². The number of rotatable bonds is 7. The van der Waals surface area contributed by atoms with Gasteiger partial charge in [0, 0.05) is 12.6 Å².